The largest absolute Gasteiger partial charge is 0.497 e. The Labute approximate surface area is 110 Å². The molecule has 0 saturated heterocycles. The van der Waals surface area contributed by atoms with E-state index < -0.39 is 0 Å². The van der Waals surface area contributed by atoms with Gasteiger partial charge >= 0.3 is 0 Å². The Hall–Kier alpha value is -1.69. The van der Waals surface area contributed by atoms with Gasteiger partial charge in [0.15, 0.2) is 5.17 Å². The quantitative estimate of drug-likeness (QED) is 0.779. The molecule has 1 heterocycles. The van der Waals surface area contributed by atoms with Crippen LogP contribution in [0.2, 0.25) is 0 Å². The Bertz CT molecular complexity index is 454. The lowest BCUT2D eigenvalue weighted by Gasteiger charge is -2.18. The van der Waals surface area contributed by atoms with Crippen molar-refractivity contribution >= 4 is 29.0 Å². The number of hydrogen-bond acceptors (Lipinski definition) is 5. The molecule has 0 unspecified atom stereocenters. The molecule has 0 radical (unpaired) electrons. The van der Waals surface area contributed by atoms with E-state index in [4.69, 9.17) is 9.47 Å². The van der Waals surface area contributed by atoms with Crippen LogP contribution in [-0.4, -0.2) is 38.1 Å². The fraction of sp³-hybridized carbons (Fsp3) is 0.333. The van der Waals surface area contributed by atoms with Crippen molar-refractivity contribution in [3.8, 4) is 11.5 Å². The predicted octanol–water partition coefficient (Wildman–Crippen LogP) is 1.77. The number of ether oxygens (including phenoxy) is 2. The zero-order valence-corrected chi connectivity index (χ0v) is 11.1. The van der Waals surface area contributed by atoms with E-state index in [0.29, 0.717) is 22.4 Å². The van der Waals surface area contributed by atoms with Crippen LogP contribution in [-0.2, 0) is 4.79 Å². The summed E-state index contributed by atoms with van der Waals surface area (Å²) in [5, 5.41) is 0.709. The molecule has 96 valence electrons. The summed E-state index contributed by atoms with van der Waals surface area (Å²) in [6.07, 6.45) is 0.755. The number of hydrogen-bond donors (Lipinski definition) is 0. The Morgan fingerprint density at radius 2 is 1.94 bits per heavy atom. The van der Waals surface area contributed by atoms with Crippen molar-refractivity contribution in [2.45, 2.75) is 0 Å². The van der Waals surface area contributed by atoms with Gasteiger partial charge in [-0.1, -0.05) is 11.8 Å². The third kappa shape index (κ3) is 2.59. The summed E-state index contributed by atoms with van der Waals surface area (Å²) in [6, 6.07) is 5.31. The lowest BCUT2D eigenvalue weighted by molar-refractivity contribution is -0.106. The van der Waals surface area contributed by atoms with Crippen molar-refractivity contribution in [2.75, 3.05) is 31.4 Å². The van der Waals surface area contributed by atoms with Gasteiger partial charge in [0.1, 0.15) is 11.5 Å². The summed E-state index contributed by atoms with van der Waals surface area (Å²) in [5.74, 6) is 2.18. The van der Waals surface area contributed by atoms with E-state index >= 15 is 0 Å². The molecular weight excluding hydrogens is 252 g/mol. The first-order valence-electron chi connectivity index (χ1n) is 5.43. The van der Waals surface area contributed by atoms with Crippen LogP contribution in [0, 0.1) is 0 Å². The molecular formula is C12H14N2O3S. The van der Waals surface area contributed by atoms with Gasteiger partial charge in [-0.25, -0.2) is 0 Å². The van der Waals surface area contributed by atoms with Gasteiger partial charge in [-0.2, -0.15) is 0 Å². The fourth-order valence-corrected chi connectivity index (χ4v) is 2.45. The number of nitrogens with zero attached hydrogens (tertiary/aromatic N) is 2. The molecule has 0 aliphatic carbocycles. The number of rotatable bonds is 4. The molecule has 2 rings (SSSR count). The average Bonchev–Trinajstić information content (AvgIpc) is 2.93. The summed E-state index contributed by atoms with van der Waals surface area (Å²) in [7, 11) is 3.15. The molecule has 5 nitrogen and oxygen atoms in total. The Kier molecular flexibility index (Phi) is 4.09. The summed E-state index contributed by atoms with van der Waals surface area (Å²) >= 11 is 1.56. The highest BCUT2D eigenvalue weighted by Gasteiger charge is 2.18. The van der Waals surface area contributed by atoms with Crippen LogP contribution in [0.4, 0.5) is 5.69 Å². The smallest absolute Gasteiger partial charge is 0.220 e. The standard InChI is InChI=1S/C12H14N2O3S/c1-16-10-5-9(6-11(7-10)17-2)14(8-15)12-13-3-4-18-12/h5-8H,3-4H2,1-2H3. The highest BCUT2D eigenvalue weighted by Crippen LogP contribution is 2.30. The van der Waals surface area contributed by atoms with Crippen LogP contribution in [0.1, 0.15) is 0 Å². The van der Waals surface area contributed by atoms with Gasteiger partial charge in [-0.15, -0.1) is 0 Å². The molecule has 0 bridgehead atoms. The second-order valence-corrected chi connectivity index (χ2v) is 4.62. The molecule has 1 aromatic carbocycles. The van der Waals surface area contributed by atoms with E-state index in [2.05, 4.69) is 4.99 Å². The lowest BCUT2D eigenvalue weighted by atomic mass is 10.2. The van der Waals surface area contributed by atoms with E-state index in [1.807, 2.05) is 0 Å². The third-order valence-corrected chi connectivity index (χ3v) is 3.47. The Morgan fingerprint density at radius 3 is 2.39 bits per heavy atom. The molecule has 1 amide bonds. The first-order chi connectivity index (χ1) is 8.78. The minimum absolute atomic E-state index is 0.639. The number of amidine groups is 1. The molecule has 0 fully saturated rings. The molecule has 6 heteroatoms. The second kappa shape index (κ2) is 5.77. The van der Waals surface area contributed by atoms with Crippen molar-refractivity contribution in [3.63, 3.8) is 0 Å². The van der Waals surface area contributed by atoms with E-state index in [1.165, 1.54) is 4.90 Å². The monoisotopic (exact) mass is 266 g/mol. The number of benzene rings is 1. The van der Waals surface area contributed by atoms with E-state index in [9.17, 15) is 4.79 Å². The molecule has 0 N–H and O–H groups in total. The third-order valence-electron chi connectivity index (χ3n) is 2.50. The molecule has 0 spiro atoms. The number of anilines is 1. The SMILES string of the molecule is COc1cc(OC)cc(N(C=O)C2=NCCS2)c1. The number of carbonyl (C=O) groups is 1. The van der Waals surface area contributed by atoms with Crippen molar-refractivity contribution in [3.05, 3.63) is 18.2 Å². The van der Waals surface area contributed by atoms with Gasteiger partial charge in [0.25, 0.3) is 0 Å². The molecule has 0 atom stereocenters. The van der Waals surface area contributed by atoms with Crippen LogP contribution < -0.4 is 14.4 Å². The maximum Gasteiger partial charge on any atom is 0.220 e. The van der Waals surface area contributed by atoms with Crippen molar-refractivity contribution in [2.24, 2.45) is 4.99 Å². The molecule has 1 aliphatic heterocycles. The van der Waals surface area contributed by atoms with E-state index in [-0.39, 0.29) is 0 Å². The maximum absolute atomic E-state index is 11.2. The number of methoxy groups -OCH3 is 2. The van der Waals surface area contributed by atoms with Crippen molar-refractivity contribution < 1.29 is 14.3 Å². The predicted molar refractivity (Wildman–Crippen MR) is 72.8 cm³/mol. The van der Waals surface area contributed by atoms with E-state index in [0.717, 1.165) is 18.7 Å². The molecule has 1 aromatic rings. The zero-order valence-electron chi connectivity index (χ0n) is 10.3. The average molecular weight is 266 g/mol. The van der Waals surface area contributed by atoms with Crippen LogP contribution in [0.3, 0.4) is 0 Å². The van der Waals surface area contributed by atoms with Gasteiger partial charge < -0.3 is 9.47 Å². The second-order valence-electron chi connectivity index (χ2n) is 3.56. The van der Waals surface area contributed by atoms with Crippen LogP contribution in [0.15, 0.2) is 23.2 Å². The topological polar surface area (TPSA) is 51.1 Å². The zero-order chi connectivity index (χ0) is 13.0. The van der Waals surface area contributed by atoms with Crippen LogP contribution in [0.5, 0.6) is 11.5 Å². The fourth-order valence-electron chi connectivity index (χ4n) is 1.62. The maximum atomic E-state index is 11.2. The van der Waals surface area contributed by atoms with Gasteiger partial charge in [-0.05, 0) is 0 Å². The molecule has 18 heavy (non-hydrogen) atoms. The number of aliphatic imine (C=N–C) groups is 1. The first kappa shape index (κ1) is 12.8. The van der Waals surface area contributed by atoms with Gasteiger partial charge in [0.05, 0.1) is 26.5 Å². The van der Waals surface area contributed by atoms with Gasteiger partial charge in [-0.3, -0.25) is 14.7 Å². The Morgan fingerprint density at radius 1 is 1.28 bits per heavy atom. The minimum Gasteiger partial charge on any atom is -0.497 e. The summed E-state index contributed by atoms with van der Waals surface area (Å²) < 4.78 is 10.4. The summed E-state index contributed by atoms with van der Waals surface area (Å²) in [4.78, 5) is 17.0. The Balaban J connectivity index is 2.37. The normalized spacial score (nSPS) is 14.0. The van der Waals surface area contributed by atoms with Crippen molar-refractivity contribution in [1.29, 1.82) is 0 Å². The van der Waals surface area contributed by atoms with E-state index in [1.54, 1.807) is 44.2 Å². The number of carbonyl (C=O) groups excluding carboxylic acids is 1. The molecule has 0 aromatic heterocycles. The number of thioether (sulfide) groups is 1. The molecule has 1 aliphatic rings. The van der Waals surface area contributed by atoms with Crippen molar-refractivity contribution in [1.82, 2.24) is 0 Å². The minimum atomic E-state index is 0.639. The summed E-state index contributed by atoms with van der Waals surface area (Å²) in [6.45, 7) is 0.742. The lowest BCUT2D eigenvalue weighted by Crippen LogP contribution is -2.25. The van der Waals surface area contributed by atoms with Gasteiger partial charge in [0.2, 0.25) is 6.41 Å². The number of amides is 1. The summed E-state index contributed by atoms with van der Waals surface area (Å²) in [5.41, 5.74) is 0.689. The first-order valence-corrected chi connectivity index (χ1v) is 6.42. The molecule has 0 saturated carbocycles. The van der Waals surface area contributed by atoms with Crippen LogP contribution >= 0.6 is 11.8 Å². The highest BCUT2D eigenvalue weighted by atomic mass is 32.2. The van der Waals surface area contributed by atoms with Gasteiger partial charge in [0, 0.05) is 24.0 Å². The van der Waals surface area contributed by atoms with Crippen LogP contribution in [0.25, 0.3) is 0 Å². The highest BCUT2D eigenvalue weighted by molar-refractivity contribution is 8.14.